The summed E-state index contributed by atoms with van der Waals surface area (Å²) >= 11 is 0. The second-order valence-corrected chi connectivity index (χ2v) is 7.50. The summed E-state index contributed by atoms with van der Waals surface area (Å²) in [6.45, 7) is 4.11. The Morgan fingerprint density at radius 2 is 1.79 bits per heavy atom. The number of anilines is 4. The minimum atomic E-state index is 0.0804. The zero-order valence-corrected chi connectivity index (χ0v) is 16.8. The third-order valence-corrected chi connectivity index (χ3v) is 4.97. The molecule has 1 atom stereocenters. The summed E-state index contributed by atoms with van der Waals surface area (Å²) < 4.78 is 5.22. The predicted octanol–water partition coefficient (Wildman–Crippen LogP) is 5.05. The van der Waals surface area contributed by atoms with Crippen LogP contribution in [0.4, 0.5) is 23.1 Å². The van der Waals surface area contributed by atoms with E-state index in [0.717, 1.165) is 34.8 Å². The molecule has 6 heteroatoms. The molecule has 1 aromatic heterocycles. The van der Waals surface area contributed by atoms with Gasteiger partial charge in [0.05, 0.1) is 18.4 Å². The van der Waals surface area contributed by atoms with Gasteiger partial charge in [0.25, 0.3) is 0 Å². The van der Waals surface area contributed by atoms with Gasteiger partial charge in [0.15, 0.2) is 5.78 Å². The molecule has 1 unspecified atom stereocenters. The average molecular weight is 388 g/mol. The van der Waals surface area contributed by atoms with Gasteiger partial charge in [-0.1, -0.05) is 19.1 Å². The van der Waals surface area contributed by atoms with Crippen molar-refractivity contribution in [3.8, 4) is 5.75 Å². The summed E-state index contributed by atoms with van der Waals surface area (Å²) in [4.78, 5) is 22.1. The monoisotopic (exact) mass is 388 g/mol. The van der Waals surface area contributed by atoms with E-state index >= 15 is 0 Å². The summed E-state index contributed by atoms with van der Waals surface area (Å²) in [7, 11) is 1.63. The predicted molar refractivity (Wildman–Crippen MR) is 115 cm³/mol. The molecular weight excluding hydrogens is 364 g/mol. The first-order chi connectivity index (χ1) is 14.0. The Morgan fingerprint density at radius 1 is 1.00 bits per heavy atom. The smallest absolute Gasteiger partial charge is 0.229 e. The Bertz CT molecular complexity index is 1050. The molecule has 0 radical (unpaired) electrons. The number of ketones is 1. The number of hydrogen-bond acceptors (Lipinski definition) is 6. The van der Waals surface area contributed by atoms with Crippen LogP contribution in [0.3, 0.4) is 0 Å². The molecule has 1 aliphatic rings. The lowest BCUT2D eigenvalue weighted by Crippen LogP contribution is -2.22. The van der Waals surface area contributed by atoms with Crippen LogP contribution in [0.15, 0.2) is 48.5 Å². The fraction of sp³-hybridized carbons (Fsp3) is 0.261. The highest BCUT2D eigenvalue weighted by molar-refractivity contribution is 6.03. The minimum absolute atomic E-state index is 0.0804. The van der Waals surface area contributed by atoms with Crippen LogP contribution >= 0.6 is 0 Å². The maximum atomic E-state index is 12.8. The first-order valence-corrected chi connectivity index (χ1v) is 9.70. The number of aromatic nitrogens is 2. The van der Waals surface area contributed by atoms with E-state index in [4.69, 9.17) is 4.74 Å². The van der Waals surface area contributed by atoms with Crippen molar-refractivity contribution in [3.63, 3.8) is 0 Å². The fourth-order valence-electron chi connectivity index (χ4n) is 3.58. The van der Waals surface area contributed by atoms with Crippen molar-refractivity contribution in [3.05, 3.63) is 65.4 Å². The molecule has 2 aromatic carbocycles. The Morgan fingerprint density at radius 3 is 2.52 bits per heavy atom. The number of rotatable bonds is 5. The molecule has 0 saturated heterocycles. The van der Waals surface area contributed by atoms with Gasteiger partial charge in [0.1, 0.15) is 11.6 Å². The highest BCUT2D eigenvalue weighted by Crippen LogP contribution is 2.32. The maximum absolute atomic E-state index is 12.8. The number of fused-ring (bicyclic) bond motifs is 1. The number of methoxy groups -OCH3 is 1. The minimum Gasteiger partial charge on any atom is -0.497 e. The van der Waals surface area contributed by atoms with Crippen molar-refractivity contribution in [1.82, 2.24) is 9.97 Å². The number of Topliss-reactive ketones (excluding diaryl/α,β-unsaturated/α-hetero) is 1. The van der Waals surface area contributed by atoms with Gasteiger partial charge in [-0.3, -0.25) is 4.79 Å². The highest BCUT2D eigenvalue weighted by atomic mass is 16.5. The van der Waals surface area contributed by atoms with Gasteiger partial charge in [-0.15, -0.1) is 0 Å². The molecule has 1 heterocycles. The van der Waals surface area contributed by atoms with E-state index in [1.807, 2.05) is 55.5 Å². The van der Waals surface area contributed by atoms with Gasteiger partial charge >= 0.3 is 0 Å². The van der Waals surface area contributed by atoms with Crippen LogP contribution in [-0.4, -0.2) is 22.9 Å². The molecule has 6 nitrogen and oxygen atoms in total. The summed E-state index contributed by atoms with van der Waals surface area (Å²) in [5.41, 5.74) is 4.27. The molecule has 0 spiro atoms. The Kier molecular flexibility index (Phi) is 5.16. The molecule has 0 bridgehead atoms. The number of hydrogen-bond donors (Lipinski definition) is 2. The van der Waals surface area contributed by atoms with Crippen molar-refractivity contribution >= 4 is 28.9 Å². The molecule has 3 aromatic rings. The van der Waals surface area contributed by atoms with Crippen LogP contribution in [0, 0.1) is 12.8 Å². The van der Waals surface area contributed by atoms with Crippen LogP contribution in [0.5, 0.6) is 5.75 Å². The average Bonchev–Trinajstić information content (AvgIpc) is 2.68. The normalized spacial score (nSPS) is 15.6. The molecule has 1 aliphatic carbocycles. The van der Waals surface area contributed by atoms with Crippen molar-refractivity contribution in [2.24, 2.45) is 5.92 Å². The number of nitrogens with zero attached hydrogens (tertiary/aromatic N) is 2. The van der Waals surface area contributed by atoms with Crippen molar-refractivity contribution in [2.75, 3.05) is 17.7 Å². The molecule has 0 amide bonds. The molecule has 0 aliphatic heterocycles. The van der Waals surface area contributed by atoms with Gasteiger partial charge in [-0.2, -0.15) is 4.98 Å². The van der Waals surface area contributed by atoms with Gasteiger partial charge in [-0.05, 0) is 61.2 Å². The molecule has 148 valence electrons. The summed E-state index contributed by atoms with van der Waals surface area (Å²) in [5.74, 6) is 2.13. The van der Waals surface area contributed by atoms with Gasteiger partial charge in [0, 0.05) is 17.8 Å². The SMILES string of the molecule is COc1ccc(Nc2nc(Nc3cccc(C)c3)nc3c2C(=O)CC(C)C3)cc1. The molecule has 0 saturated carbocycles. The lowest BCUT2D eigenvalue weighted by molar-refractivity contribution is 0.0953. The van der Waals surface area contributed by atoms with E-state index in [0.29, 0.717) is 23.8 Å². The van der Waals surface area contributed by atoms with Crippen LogP contribution in [0.1, 0.15) is 35.0 Å². The van der Waals surface area contributed by atoms with E-state index < -0.39 is 0 Å². The Balaban J connectivity index is 1.72. The number of nitrogens with one attached hydrogen (secondary N) is 2. The van der Waals surface area contributed by atoms with Gasteiger partial charge in [-0.25, -0.2) is 4.98 Å². The van der Waals surface area contributed by atoms with E-state index in [9.17, 15) is 4.79 Å². The second-order valence-electron chi connectivity index (χ2n) is 7.50. The van der Waals surface area contributed by atoms with Gasteiger partial charge < -0.3 is 15.4 Å². The Labute approximate surface area is 170 Å². The maximum Gasteiger partial charge on any atom is 0.229 e. The molecule has 0 fully saturated rings. The zero-order chi connectivity index (χ0) is 20.4. The summed E-state index contributed by atoms with van der Waals surface area (Å²) in [5, 5.41) is 6.57. The standard InChI is InChI=1S/C23H24N4O2/c1-14-5-4-6-17(11-14)25-23-26-19-12-15(2)13-20(28)21(19)22(27-23)24-16-7-9-18(29-3)10-8-16/h4-11,15H,12-13H2,1-3H3,(H2,24,25,26,27). The second kappa shape index (κ2) is 7.91. The highest BCUT2D eigenvalue weighted by Gasteiger charge is 2.28. The number of carbonyl (C=O) groups is 1. The number of ether oxygens (including phenoxy) is 1. The number of benzene rings is 2. The fourth-order valence-corrected chi connectivity index (χ4v) is 3.58. The lowest BCUT2D eigenvalue weighted by Gasteiger charge is -2.23. The van der Waals surface area contributed by atoms with E-state index in [-0.39, 0.29) is 11.7 Å². The zero-order valence-electron chi connectivity index (χ0n) is 16.8. The van der Waals surface area contributed by atoms with Crippen LogP contribution < -0.4 is 15.4 Å². The van der Waals surface area contributed by atoms with Gasteiger partial charge in [0.2, 0.25) is 5.95 Å². The number of aryl methyl sites for hydroxylation is 1. The van der Waals surface area contributed by atoms with Crippen molar-refractivity contribution < 1.29 is 9.53 Å². The van der Waals surface area contributed by atoms with Crippen LogP contribution in [-0.2, 0) is 6.42 Å². The molecule has 2 N–H and O–H groups in total. The quantitative estimate of drug-likeness (QED) is 0.637. The summed E-state index contributed by atoms with van der Waals surface area (Å²) in [6, 6.07) is 15.6. The van der Waals surface area contributed by atoms with E-state index in [1.165, 1.54) is 0 Å². The van der Waals surface area contributed by atoms with Crippen molar-refractivity contribution in [1.29, 1.82) is 0 Å². The largest absolute Gasteiger partial charge is 0.497 e. The lowest BCUT2D eigenvalue weighted by atomic mass is 9.87. The number of carbonyl (C=O) groups excluding carboxylic acids is 1. The molecule has 29 heavy (non-hydrogen) atoms. The molecular formula is C23H24N4O2. The topological polar surface area (TPSA) is 76.1 Å². The van der Waals surface area contributed by atoms with Crippen LogP contribution in [0.2, 0.25) is 0 Å². The van der Waals surface area contributed by atoms with Crippen LogP contribution in [0.25, 0.3) is 0 Å². The third-order valence-electron chi connectivity index (χ3n) is 4.97. The van der Waals surface area contributed by atoms with Crippen molar-refractivity contribution in [2.45, 2.75) is 26.7 Å². The van der Waals surface area contributed by atoms with E-state index in [1.54, 1.807) is 7.11 Å². The third kappa shape index (κ3) is 4.21. The first kappa shape index (κ1) is 18.9. The summed E-state index contributed by atoms with van der Waals surface area (Å²) in [6.07, 6.45) is 1.27. The van der Waals surface area contributed by atoms with E-state index in [2.05, 4.69) is 27.5 Å². The molecule has 4 rings (SSSR count). The Hall–Kier alpha value is -3.41. The first-order valence-electron chi connectivity index (χ1n) is 9.70.